The number of aromatic hydroxyl groups is 1. The molecule has 6 heteroatoms. The van der Waals surface area contributed by atoms with E-state index in [1.807, 2.05) is 0 Å². The summed E-state index contributed by atoms with van der Waals surface area (Å²) in [6.07, 6.45) is 3.02. The van der Waals surface area contributed by atoms with Crippen LogP contribution in [0.2, 0.25) is 0 Å². The number of aromatic amines is 1. The van der Waals surface area contributed by atoms with E-state index in [0.29, 0.717) is 5.69 Å². The predicted octanol–water partition coefficient (Wildman–Crippen LogP) is 1.18. The van der Waals surface area contributed by atoms with Crippen molar-refractivity contribution in [1.82, 2.24) is 15.3 Å². The number of hydrogen-bond donors (Lipinski definition) is 3. The van der Waals surface area contributed by atoms with Crippen molar-refractivity contribution in [3.8, 4) is 5.75 Å². The van der Waals surface area contributed by atoms with Crippen LogP contribution in [0.3, 0.4) is 0 Å². The Morgan fingerprint density at radius 3 is 3.00 bits per heavy atom. The molecule has 0 saturated heterocycles. The largest absolute Gasteiger partial charge is 0.507 e. The van der Waals surface area contributed by atoms with Crippen molar-refractivity contribution >= 4 is 5.91 Å². The molecular formula is C11H10FN3O2. The van der Waals surface area contributed by atoms with Gasteiger partial charge in [-0.3, -0.25) is 4.79 Å². The van der Waals surface area contributed by atoms with Gasteiger partial charge < -0.3 is 15.4 Å². The van der Waals surface area contributed by atoms with Crippen molar-refractivity contribution in [3.05, 3.63) is 47.8 Å². The minimum atomic E-state index is -0.757. The second-order valence-electron chi connectivity index (χ2n) is 3.39. The quantitative estimate of drug-likeness (QED) is 0.747. The molecule has 0 atom stereocenters. The summed E-state index contributed by atoms with van der Waals surface area (Å²) in [4.78, 5) is 18.2. The lowest BCUT2D eigenvalue weighted by Gasteiger charge is -2.06. The highest BCUT2D eigenvalue weighted by Gasteiger charge is 2.15. The fraction of sp³-hybridized carbons (Fsp3) is 0.0909. The molecule has 17 heavy (non-hydrogen) atoms. The molecule has 0 unspecified atom stereocenters. The first-order valence-corrected chi connectivity index (χ1v) is 4.91. The van der Waals surface area contributed by atoms with Crippen molar-refractivity contribution in [2.24, 2.45) is 0 Å². The summed E-state index contributed by atoms with van der Waals surface area (Å²) < 4.78 is 13.3. The van der Waals surface area contributed by atoms with E-state index in [1.54, 1.807) is 6.20 Å². The first-order valence-electron chi connectivity index (χ1n) is 4.91. The third kappa shape index (κ3) is 2.41. The van der Waals surface area contributed by atoms with E-state index in [9.17, 15) is 14.3 Å². The molecule has 0 bridgehead atoms. The van der Waals surface area contributed by atoms with Crippen molar-refractivity contribution < 1.29 is 14.3 Å². The van der Waals surface area contributed by atoms with E-state index in [0.717, 1.165) is 6.07 Å². The van der Waals surface area contributed by atoms with Crippen LogP contribution in [0.4, 0.5) is 4.39 Å². The highest BCUT2D eigenvalue weighted by molar-refractivity contribution is 5.96. The predicted molar refractivity (Wildman–Crippen MR) is 57.8 cm³/mol. The number of H-pyrrole nitrogens is 1. The Morgan fingerprint density at radius 1 is 1.53 bits per heavy atom. The van der Waals surface area contributed by atoms with Gasteiger partial charge in [0.25, 0.3) is 5.91 Å². The van der Waals surface area contributed by atoms with E-state index < -0.39 is 11.7 Å². The summed E-state index contributed by atoms with van der Waals surface area (Å²) in [5.41, 5.74) is 0.334. The van der Waals surface area contributed by atoms with E-state index in [4.69, 9.17) is 0 Å². The lowest BCUT2D eigenvalue weighted by molar-refractivity contribution is 0.0943. The highest BCUT2D eigenvalue weighted by atomic mass is 19.1. The summed E-state index contributed by atoms with van der Waals surface area (Å²) in [6, 6.07) is 3.70. The monoisotopic (exact) mass is 235 g/mol. The Balaban J connectivity index is 2.10. The molecule has 0 aliphatic rings. The van der Waals surface area contributed by atoms with E-state index >= 15 is 0 Å². The van der Waals surface area contributed by atoms with Gasteiger partial charge in [0.05, 0.1) is 18.6 Å². The van der Waals surface area contributed by atoms with Gasteiger partial charge in [-0.15, -0.1) is 0 Å². The molecule has 1 amide bonds. The molecule has 1 heterocycles. The number of phenolic OH excluding ortho intramolecular Hbond substituents is 1. The van der Waals surface area contributed by atoms with Crippen LogP contribution in [0.5, 0.6) is 5.75 Å². The Hall–Kier alpha value is -2.37. The second-order valence-corrected chi connectivity index (χ2v) is 3.39. The van der Waals surface area contributed by atoms with E-state index in [-0.39, 0.29) is 17.9 Å². The zero-order chi connectivity index (χ0) is 12.3. The molecule has 0 saturated carbocycles. The van der Waals surface area contributed by atoms with Crippen LogP contribution in [0, 0.1) is 5.82 Å². The lowest BCUT2D eigenvalue weighted by Crippen LogP contribution is -2.24. The van der Waals surface area contributed by atoms with Gasteiger partial charge >= 0.3 is 0 Å². The van der Waals surface area contributed by atoms with E-state index in [2.05, 4.69) is 15.3 Å². The summed E-state index contributed by atoms with van der Waals surface area (Å²) in [5, 5.41) is 11.9. The van der Waals surface area contributed by atoms with Crippen LogP contribution in [0.15, 0.2) is 30.7 Å². The number of halogens is 1. The zero-order valence-electron chi connectivity index (χ0n) is 8.77. The van der Waals surface area contributed by atoms with Crippen molar-refractivity contribution in [3.63, 3.8) is 0 Å². The highest BCUT2D eigenvalue weighted by Crippen LogP contribution is 2.19. The molecule has 0 radical (unpaired) electrons. The Morgan fingerprint density at radius 2 is 2.35 bits per heavy atom. The van der Waals surface area contributed by atoms with Crippen LogP contribution in [0.1, 0.15) is 16.1 Å². The molecule has 1 aromatic carbocycles. The van der Waals surface area contributed by atoms with Gasteiger partial charge in [-0.2, -0.15) is 0 Å². The third-order valence-electron chi connectivity index (χ3n) is 2.21. The zero-order valence-corrected chi connectivity index (χ0v) is 8.77. The number of aromatic nitrogens is 2. The average Bonchev–Trinajstić information content (AvgIpc) is 2.79. The number of benzene rings is 1. The molecule has 5 nitrogen and oxygen atoms in total. The maximum atomic E-state index is 13.3. The number of hydrogen-bond acceptors (Lipinski definition) is 3. The maximum Gasteiger partial charge on any atom is 0.258 e. The minimum absolute atomic E-state index is 0.187. The van der Waals surface area contributed by atoms with Crippen LogP contribution in [-0.4, -0.2) is 21.0 Å². The maximum absolute atomic E-state index is 13.3. The van der Waals surface area contributed by atoms with Gasteiger partial charge in [0.2, 0.25) is 0 Å². The van der Waals surface area contributed by atoms with Gasteiger partial charge in [-0.05, 0) is 12.1 Å². The van der Waals surface area contributed by atoms with Crippen molar-refractivity contribution in [2.45, 2.75) is 6.54 Å². The summed E-state index contributed by atoms with van der Waals surface area (Å²) in [6.45, 7) is 0.187. The number of nitrogens with zero attached hydrogens (tertiary/aromatic N) is 1. The van der Waals surface area contributed by atoms with Crippen LogP contribution in [0.25, 0.3) is 0 Å². The Kier molecular flexibility index (Phi) is 3.04. The number of carbonyl (C=O) groups is 1. The van der Waals surface area contributed by atoms with Crippen molar-refractivity contribution in [2.75, 3.05) is 0 Å². The first kappa shape index (κ1) is 11.1. The van der Waals surface area contributed by atoms with Gasteiger partial charge in [-0.25, -0.2) is 9.37 Å². The number of carbonyl (C=O) groups excluding carboxylic acids is 1. The molecule has 88 valence electrons. The van der Waals surface area contributed by atoms with Crippen LogP contribution in [-0.2, 0) is 6.54 Å². The van der Waals surface area contributed by atoms with Gasteiger partial charge in [0.1, 0.15) is 17.1 Å². The van der Waals surface area contributed by atoms with Gasteiger partial charge in [-0.1, -0.05) is 6.07 Å². The molecule has 0 aliphatic carbocycles. The summed E-state index contributed by atoms with van der Waals surface area (Å²) in [7, 11) is 0. The second kappa shape index (κ2) is 4.65. The lowest BCUT2D eigenvalue weighted by atomic mass is 10.1. The topological polar surface area (TPSA) is 78.0 Å². The molecule has 0 fully saturated rings. The smallest absolute Gasteiger partial charge is 0.258 e. The number of amides is 1. The summed E-state index contributed by atoms with van der Waals surface area (Å²) in [5.74, 6) is -1.81. The standard InChI is InChI=1S/C11H10FN3O2/c12-8-2-1-3-9(16)10(8)11(17)14-5-7-4-13-6-15-7/h1-4,6,16H,5H2,(H,13,15)(H,14,17). The number of imidazole rings is 1. The first-order chi connectivity index (χ1) is 8.18. The SMILES string of the molecule is O=C(NCc1cnc[nH]1)c1c(O)cccc1F. The number of nitrogens with one attached hydrogen (secondary N) is 2. The number of phenols is 1. The minimum Gasteiger partial charge on any atom is -0.507 e. The molecule has 3 N–H and O–H groups in total. The molecule has 1 aromatic heterocycles. The molecule has 2 rings (SSSR count). The van der Waals surface area contributed by atoms with Gasteiger partial charge in [0, 0.05) is 6.20 Å². The van der Waals surface area contributed by atoms with E-state index in [1.165, 1.54) is 18.5 Å². The number of rotatable bonds is 3. The van der Waals surface area contributed by atoms with Crippen LogP contribution >= 0.6 is 0 Å². The Labute approximate surface area is 96.3 Å². The Bertz CT molecular complexity index is 505. The molecular weight excluding hydrogens is 225 g/mol. The fourth-order valence-electron chi connectivity index (χ4n) is 1.38. The third-order valence-corrected chi connectivity index (χ3v) is 2.21. The molecule has 0 aliphatic heterocycles. The van der Waals surface area contributed by atoms with Crippen molar-refractivity contribution in [1.29, 1.82) is 0 Å². The normalized spacial score (nSPS) is 10.2. The fourth-order valence-corrected chi connectivity index (χ4v) is 1.38. The molecule has 2 aromatic rings. The average molecular weight is 235 g/mol. The van der Waals surface area contributed by atoms with Crippen LogP contribution < -0.4 is 5.32 Å². The van der Waals surface area contributed by atoms with Gasteiger partial charge in [0.15, 0.2) is 0 Å². The molecule has 0 spiro atoms. The summed E-state index contributed by atoms with van der Waals surface area (Å²) >= 11 is 0.